The molecule has 0 atom stereocenters. The quantitative estimate of drug-likeness (QED) is 0.842. The minimum Gasteiger partial charge on any atom is -0.398 e. The third-order valence-electron chi connectivity index (χ3n) is 3.34. The molecule has 17 heavy (non-hydrogen) atoms. The van der Waals surface area contributed by atoms with Crippen molar-refractivity contribution >= 4 is 23.2 Å². The van der Waals surface area contributed by atoms with Crippen LogP contribution in [0.5, 0.6) is 0 Å². The second-order valence-electron chi connectivity index (χ2n) is 4.73. The number of carbonyl (C=O) groups excluding carboxylic acids is 1. The summed E-state index contributed by atoms with van der Waals surface area (Å²) < 4.78 is 0. The van der Waals surface area contributed by atoms with E-state index in [9.17, 15) is 4.79 Å². The Bertz CT molecular complexity index is 409. The van der Waals surface area contributed by atoms with Gasteiger partial charge in [0.05, 0.1) is 10.6 Å². The van der Waals surface area contributed by atoms with Crippen molar-refractivity contribution in [1.82, 2.24) is 4.90 Å². The summed E-state index contributed by atoms with van der Waals surface area (Å²) in [6.07, 6.45) is 0.861. The van der Waals surface area contributed by atoms with E-state index in [1.807, 2.05) is 20.8 Å². The number of nitrogens with two attached hydrogens (primary N) is 1. The van der Waals surface area contributed by atoms with Gasteiger partial charge in [-0.2, -0.15) is 0 Å². The van der Waals surface area contributed by atoms with Gasteiger partial charge in [-0.05, 0) is 32.4 Å². The van der Waals surface area contributed by atoms with E-state index in [1.165, 1.54) is 0 Å². The van der Waals surface area contributed by atoms with Crippen LogP contribution in [0, 0.1) is 0 Å². The van der Waals surface area contributed by atoms with Gasteiger partial charge in [-0.25, -0.2) is 0 Å². The van der Waals surface area contributed by atoms with Gasteiger partial charge in [0, 0.05) is 18.3 Å². The molecule has 0 saturated carbocycles. The van der Waals surface area contributed by atoms with Crippen LogP contribution in [0.25, 0.3) is 0 Å². The van der Waals surface area contributed by atoms with E-state index in [0.717, 1.165) is 6.42 Å². The lowest BCUT2D eigenvalue weighted by molar-refractivity contribution is 0.0621. The van der Waals surface area contributed by atoms with Crippen molar-refractivity contribution in [3.63, 3.8) is 0 Å². The lowest BCUT2D eigenvalue weighted by Gasteiger charge is -2.35. The highest BCUT2D eigenvalue weighted by Crippen LogP contribution is 2.26. The minimum absolute atomic E-state index is 0.139. The van der Waals surface area contributed by atoms with Gasteiger partial charge in [0.1, 0.15) is 0 Å². The molecule has 0 aliphatic rings. The largest absolute Gasteiger partial charge is 0.398 e. The maximum Gasteiger partial charge on any atom is 0.257 e. The molecule has 2 N–H and O–H groups in total. The summed E-state index contributed by atoms with van der Waals surface area (Å²) in [5, 5.41) is 0.397. The van der Waals surface area contributed by atoms with E-state index >= 15 is 0 Å². The third-order valence-corrected chi connectivity index (χ3v) is 3.65. The number of anilines is 1. The number of benzene rings is 1. The normalized spacial score (nSPS) is 11.4. The van der Waals surface area contributed by atoms with E-state index in [2.05, 4.69) is 0 Å². The Morgan fingerprint density at radius 2 is 2.06 bits per heavy atom. The van der Waals surface area contributed by atoms with Crippen molar-refractivity contribution < 1.29 is 4.79 Å². The molecule has 0 aromatic heterocycles. The van der Waals surface area contributed by atoms with E-state index in [4.69, 9.17) is 17.3 Å². The fourth-order valence-corrected chi connectivity index (χ4v) is 1.71. The Morgan fingerprint density at radius 1 is 1.47 bits per heavy atom. The number of halogens is 1. The second kappa shape index (κ2) is 4.96. The van der Waals surface area contributed by atoms with Gasteiger partial charge < -0.3 is 10.6 Å². The highest BCUT2D eigenvalue weighted by molar-refractivity contribution is 6.34. The SMILES string of the molecule is CCC(C)(C)N(C)C(=O)c1c(N)cccc1Cl. The third kappa shape index (κ3) is 2.72. The van der Waals surface area contributed by atoms with Crippen LogP contribution < -0.4 is 5.73 Å². The Kier molecular flexibility index (Phi) is 4.04. The Hall–Kier alpha value is -1.22. The molecule has 1 aromatic rings. The van der Waals surface area contributed by atoms with E-state index in [1.54, 1.807) is 30.1 Å². The molecule has 3 nitrogen and oxygen atoms in total. The van der Waals surface area contributed by atoms with Crippen LogP contribution in [0.2, 0.25) is 5.02 Å². The number of hydrogen-bond donors (Lipinski definition) is 1. The molecule has 0 aliphatic heterocycles. The first-order chi connectivity index (χ1) is 7.81. The molecule has 0 aliphatic carbocycles. The van der Waals surface area contributed by atoms with Crippen LogP contribution in [0.15, 0.2) is 18.2 Å². The standard InChI is InChI=1S/C13H19ClN2O/c1-5-13(2,3)16(4)12(17)11-9(14)7-6-8-10(11)15/h6-8H,5,15H2,1-4H3. The molecule has 1 rings (SSSR count). The lowest BCUT2D eigenvalue weighted by atomic mass is 9.98. The number of nitrogen functional groups attached to an aromatic ring is 1. The smallest absolute Gasteiger partial charge is 0.257 e. The summed E-state index contributed by atoms with van der Waals surface area (Å²) in [5.41, 5.74) is 6.40. The van der Waals surface area contributed by atoms with Crippen molar-refractivity contribution in [2.45, 2.75) is 32.7 Å². The molecular weight excluding hydrogens is 236 g/mol. The molecule has 0 saturated heterocycles. The first kappa shape index (κ1) is 13.8. The fourth-order valence-electron chi connectivity index (χ4n) is 1.45. The van der Waals surface area contributed by atoms with Crippen molar-refractivity contribution in [3.05, 3.63) is 28.8 Å². The Labute approximate surface area is 108 Å². The summed E-state index contributed by atoms with van der Waals surface area (Å²) in [7, 11) is 1.77. The van der Waals surface area contributed by atoms with Crippen LogP contribution in [0.4, 0.5) is 5.69 Å². The molecule has 0 heterocycles. The molecule has 94 valence electrons. The number of nitrogens with zero attached hydrogens (tertiary/aromatic N) is 1. The van der Waals surface area contributed by atoms with Crippen LogP contribution >= 0.6 is 11.6 Å². The molecule has 0 fully saturated rings. The first-order valence-electron chi connectivity index (χ1n) is 5.63. The van der Waals surface area contributed by atoms with Crippen molar-refractivity contribution in [3.8, 4) is 0 Å². The number of carbonyl (C=O) groups is 1. The van der Waals surface area contributed by atoms with Crippen LogP contribution in [-0.4, -0.2) is 23.4 Å². The van der Waals surface area contributed by atoms with E-state index in [-0.39, 0.29) is 11.4 Å². The summed E-state index contributed by atoms with van der Waals surface area (Å²) in [6.45, 7) is 6.07. The highest BCUT2D eigenvalue weighted by Gasteiger charge is 2.28. The lowest BCUT2D eigenvalue weighted by Crippen LogP contribution is -2.44. The molecule has 0 unspecified atom stereocenters. The first-order valence-corrected chi connectivity index (χ1v) is 6.01. The molecular formula is C13H19ClN2O. The van der Waals surface area contributed by atoms with Gasteiger partial charge in [0.15, 0.2) is 0 Å². The predicted molar refractivity (Wildman–Crippen MR) is 72.3 cm³/mol. The summed E-state index contributed by atoms with van der Waals surface area (Å²) >= 11 is 6.03. The maximum atomic E-state index is 12.4. The van der Waals surface area contributed by atoms with Crippen molar-refractivity contribution in [2.24, 2.45) is 0 Å². The van der Waals surface area contributed by atoms with Gasteiger partial charge in [0.25, 0.3) is 5.91 Å². The monoisotopic (exact) mass is 254 g/mol. The fraction of sp³-hybridized carbons (Fsp3) is 0.462. The van der Waals surface area contributed by atoms with Gasteiger partial charge >= 0.3 is 0 Å². The van der Waals surface area contributed by atoms with Gasteiger partial charge in [-0.3, -0.25) is 4.79 Å². The molecule has 0 radical (unpaired) electrons. The van der Waals surface area contributed by atoms with Crippen LogP contribution in [0.1, 0.15) is 37.6 Å². The Morgan fingerprint density at radius 3 is 2.53 bits per heavy atom. The molecule has 1 amide bonds. The zero-order valence-electron chi connectivity index (χ0n) is 10.7. The van der Waals surface area contributed by atoms with Crippen LogP contribution in [0.3, 0.4) is 0 Å². The zero-order valence-corrected chi connectivity index (χ0v) is 11.5. The van der Waals surface area contributed by atoms with Gasteiger partial charge in [-0.15, -0.1) is 0 Å². The second-order valence-corrected chi connectivity index (χ2v) is 5.14. The predicted octanol–water partition coefficient (Wildman–Crippen LogP) is 3.18. The minimum atomic E-state index is -0.220. The van der Waals surface area contributed by atoms with Crippen molar-refractivity contribution in [2.75, 3.05) is 12.8 Å². The van der Waals surface area contributed by atoms with Crippen molar-refractivity contribution in [1.29, 1.82) is 0 Å². The number of amides is 1. The summed E-state index contributed by atoms with van der Waals surface area (Å²) in [4.78, 5) is 14.0. The molecule has 0 bridgehead atoms. The number of hydrogen-bond acceptors (Lipinski definition) is 2. The summed E-state index contributed by atoms with van der Waals surface area (Å²) in [6, 6.07) is 5.10. The van der Waals surface area contributed by atoms with Gasteiger partial charge in [0.2, 0.25) is 0 Å². The molecule has 0 spiro atoms. The average molecular weight is 255 g/mol. The maximum absolute atomic E-state index is 12.4. The summed E-state index contributed by atoms with van der Waals surface area (Å²) in [5.74, 6) is -0.139. The molecule has 4 heteroatoms. The van der Waals surface area contributed by atoms with Crippen LogP contribution in [-0.2, 0) is 0 Å². The molecule has 1 aromatic carbocycles. The zero-order chi connectivity index (χ0) is 13.2. The van der Waals surface area contributed by atoms with Gasteiger partial charge in [-0.1, -0.05) is 24.6 Å². The topological polar surface area (TPSA) is 46.3 Å². The van der Waals surface area contributed by atoms with E-state index in [0.29, 0.717) is 16.3 Å². The average Bonchev–Trinajstić information content (AvgIpc) is 2.27. The van der Waals surface area contributed by atoms with E-state index < -0.39 is 0 Å². The number of rotatable bonds is 3. The Balaban J connectivity index is 3.14. The highest BCUT2D eigenvalue weighted by atomic mass is 35.5.